The Hall–Kier alpha value is -2.82. The lowest BCUT2D eigenvalue weighted by Crippen LogP contribution is -2.41. The lowest BCUT2D eigenvalue weighted by Gasteiger charge is -2.25. The van der Waals surface area contributed by atoms with E-state index in [0.29, 0.717) is 5.95 Å². The summed E-state index contributed by atoms with van der Waals surface area (Å²) in [5.74, 6) is 0.441. The van der Waals surface area contributed by atoms with Gasteiger partial charge in [0, 0.05) is 12.2 Å². The second-order valence-corrected chi connectivity index (χ2v) is 5.84. The standard InChI is InChI=1S/C18H18N4O/c1-12(22-11-10-13-6-2-5-9-16(13)22)17(23)21-18-19-14-7-3-4-8-15(14)20-18/h2-9,12H,10-11H2,1H3,(H2,19,20,21,23). The van der Waals surface area contributed by atoms with E-state index in [1.807, 2.05) is 43.3 Å². The van der Waals surface area contributed by atoms with Gasteiger partial charge in [0.05, 0.1) is 11.0 Å². The number of nitrogens with zero attached hydrogens (tertiary/aromatic N) is 2. The summed E-state index contributed by atoms with van der Waals surface area (Å²) < 4.78 is 0. The van der Waals surface area contributed by atoms with E-state index in [2.05, 4.69) is 32.3 Å². The molecule has 0 radical (unpaired) electrons. The van der Waals surface area contributed by atoms with Crippen molar-refractivity contribution in [1.29, 1.82) is 0 Å². The SMILES string of the molecule is CC(C(=O)Nc1nc2ccccc2[nH]1)N1CCc2ccccc21. The molecule has 4 rings (SSSR count). The number of hydrogen-bond donors (Lipinski definition) is 2. The molecule has 2 N–H and O–H groups in total. The maximum Gasteiger partial charge on any atom is 0.249 e. The third-order valence-electron chi connectivity index (χ3n) is 4.40. The van der Waals surface area contributed by atoms with E-state index in [-0.39, 0.29) is 11.9 Å². The van der Waals surface area contributed by atoms with E-state index < -0.39 is 0 Å². The number of para-hydroxylation sites is 3. The van der Waals surface area contributed by atoms with Crippen LogP contribution < -0.4 is 10.2 Å². The minimum absolute atomic E-state index is 0.0549. The number of H-pyrrole nitrogens is 1. The Morgan fingerprint density at radius 1 is 1.22 bits per heavy atom. The lowest BCUT2D eigenvalue weighted by molar-refractivity contribution is -0.117. The smallest absolute Gasteiger partial charge is 0.249 e. The number of carbonyl (C=O) groups is 1. The summed E-state index contributed by atoms with van der Waals surface area (Å²) in [6, 6.07) is 15.7. The van der Waals surface area contributed by atoms with E-state index in [0.717, 1.165) is 29.7 Å². The third-order valence-corrected chi connectivity index (χ3v) is 4.40. The van der Waals surface area contributed by atoms with Crippen LogP contribution in [0.15, 0.2) is 48.5 Å². The first-order valence-electron chi connectivity index (χ1n) is 7.82. The zero-order chi connectivity index (χ0) is 15.8. The van der Waals surface area contributed by atoms with Gasteiger partial charge in [0.25, 0.3) is 0 Å². The Morgan fingerprint density at radius 2 is 2.00 bits per heavy atom. The summed E-state index contributed by atoms with van der Waals surface area (Å²) in [4.78, 5) is 22.2. The zero-order valence-corrected chi connectivity index (χ0v) is 12.9. The molecule has 0 fully saturated rings. The molecule has 5 heteroatoms. The van der Waals surface area contributed by atoms with Crippen molar-refractivity contribution >= 4 is 28.6 Å². The molecular weight excluding hydrogens is 288 g/mol. The fraction of sp³-hybridized carbons (Fsp3) is 0.222. The fourth-order valence-electron chi connectivity index (χ4n) is 3.14. The molecule has 2 heterocycles. The Balaban J connectivity index is 1.53. The van der Waals surface area contributed by atoms with Gasteiger partial charge in [-0.3, -0.25) is 10.1 Å². The molecule has 5 nitrogen and oxygen atoms in total. The van der Waals surface area contributed by atoms with E-state index >= 15 is 0 Å². The molecule has 0 aliphatic carbocycles. The number of amides is 1. The van der Waals surface area contributed by atoms with E-state index in [1.54, 1.807) is 0 Å². The third kappa shape index (κ3) is 2.44. The predicted octanol–water partition coefficient (Wildman–Crippen LogP) is 2.95. The normalized spacial score (nSPS) is 14.7. The van der Waals surface area contributed by atoms with Crippen LogP contribution in [-0.4, -0.2) is 28.5 Å². The Labute approximate surface area is 134 Å². The van der Waals surface area contributed by atoms with Gasteiger partial charge in [-0.15, -0.1) is 0 Å². The molecule has 1 aliphatic rings. The number of imidazole rings is 1. The molecule has 116 valence electrons. The van der Waals surface area contributed by atoms with Crippen LogP contribution in [0.3, 0.4) is 0 Å². The van der Waals surface area contributed by atoms with Crippen LogP contribution in [0.5, 0.6) is 0 Å². The first-order chi connectivity index (χ1) is 11.2. The quantitative estimate of drug-likeness (QED) is 0.782. The van der Waals surface area contributed by atoms with E-state index in [9.17, 15) is 4.79 Å². The van der Waals surface area contributed by atoms with Crippen molar-refractivity contribution in [2.24, 2.45) is 0 Å². The van der Waals surface area contributed by atoms with Crippen molar-refractivity contribution < 1.29 is 4.79 Å². The molecule has 1 atom stereocenters. The number of rotatable bonds is 3. The number of hydrogen-bond acceptors (Lipinski definition) is 3. The molecule has 1 aromatic heterocycles. The molecule has 3 aromatic rings. The minimum Gasteiger partial charge on any atom is -0.359 e. The van der Waals surface area contributed by atoms with E-state index in [4.69, 9.17) is 0 Å². The molecule has 1 aliphatic heterocycles. The molecule has 0 bridgehead atoms. The summed E-state index contributed by atoms with van der Waals surface area (Å²) >= 11 is 0. The largest absolute Gasteiger partial charge is 0.359 e. The maximum absolute atomic E-state index is 12.6. The van der Waals surface area contributed by atoms with Crippen molar-refractivity contribution in [3.05, 3.63) is 54.1 Å². The molecule has 0 saturated heterocycles. The topological polar surface area (TPSA) is 61.0 Å². The highest BCUT2D eigenvalue weighted by molar-refractivity contribution is 5.96. The van der Waals surface area contributed by atoms with Crippen molar-refractivity contribution in [2.75, 3.05) is 16.8 Å². The number of carbonyl (C=O) groups excluding carboxylic acids is 1. The minimum atomic E-state index is -0.244. The van der Waals surface area contributed by atoms with Gasteiger partial charge in [-0.1, -0.05) is 30.3 Å². The van der Waals surface area contributed by atoms with E-state index in [1.165, 1.54) is 5.56 Å². The van der Waals surface area contributed by atoms with Crippen LogP contribution in [0, 0.1) is 0 Å². The summed E-state index contributed by atoms with van der Waals surface area (Å²) in [6.07, 6.45) is 0.985. The first kappa shape index (κ1) is 13.8. The Bertz CT molecular complexity index is 837. The highest BCUT2D eigenvalue weighted by Gasteiger charge is 2.27. The van der Waals surface area contributed by atoms with Crippen LogP contribution in [-0.2, 0) is 11.2 Å². The summed E-state index contributed by atoms with van der Waals surface area (Å²) in [7, 11) is 0. The monoisotopic (exact) mass is 306 g/mol. The number of benzene rings is 2. The van der Waals surface area contributed by atoms with Crippen LogP contribution in [0.25, 0.3) is 11.0 Å². The molecule has 2 aromatic carbocycles. The van der Waals surface area contributed by atoms with Crippen molar-refractivity contribution in [1.82, 2.24) is 9.97 Å². The lowest BCUT2D eigenvalue weighted by atomic mass is 10.2. The first-order valence-corrected chi connectivity index (χ1v) is 7.82. The molecule has 0 saturated carbocycles. The van der Waals surface area contributed by atoms with Gasteiger partial charge in [-0.05, 0) is 37.1 Å². The molecule has 1 amide bonds. The highest BCUT2D eigenvalue weighted by atomic mass is 16.2. The van der Waals surface area contributed by atoms with Gasteiger partial charge in [0.2, 0.25) is 11.9 Å². The Morgan fingerprint density at radius 3 is 2.87 bits per heavy atom. The number of nitrogens with one attached hydrogen (secondary N) is 2. The van der Waals surface area contributed by atoms with Gasteiger partial charge in [0.1, 0.15) is 6.04 Å². The highest BCUT2D eigenvalue weighted by Crippen LogP contribution is 2.29. The van der Waals surface area contributed by atoms with Crippen molar-refractivity contribution in [2.45, 2.75) is 19.4 Å². The predicted molar refractivity (Wildman–Crippen MR) is 91.7 cm³/mol. The van der Waals surface area contributed by atoms with Gasteiger partial charge in [-0.25, -0.2) is 4.98 Å². The van der Waals surface area contributed by atoms with Crippen LogP contribution in [0.2, 0.25) is 0 Å². The average Bonchev–Trinajstić information content (AvgIpc) is 3.17. The van der Waals surface area contributed by atoms with Crippen LogP contribution in [0.1, 0.15) is 12.5 Å². The molecule has 1 unspecified atom stereocenters. The molecular formula is C18H18N4O. The average molecular weight is 306 g/mol. The van der Waals surface area contributed by atoms with Crippen LogP contribution in [0.4, 0.5) is 11.6 Å². The molecule has 0 spiro atoms. The number of aromatic nitrogens is 2. The fourth-order valence-corrected chi connectivity index (χ4v) is 3.14. The zero-order valence-electron chi connectivity index (χ0n) is 12.9. The molecule has 23 heavy (non-hydrogen) atoms. The second kappa shape index (κ2) is 5.43. The maximum atomic E-state index is 12.6. The van der Waals surface area contributed by atoms with Crippen LogP contribution >= 0.6 is 0 Å². The second-order valence-electron chi connectivity index (χ2n) is 5.84. The number of aromatic amines is 1. The number of fused-ring (bicyclic) bond motifs is 2. The summed E-state index contributed by atoms with van der Waals surface area (Å²) in [5.41, 5.74) is 4.22. The van der Waals surface area contributed by atoms with Gasteiger partial charge < -0.3 is 9.88 Å². The Kier molecular flexibility index (Phi) is 3.26. The van der Waals surface area contributed by atoms with Gasteiger partial charge >= 0.3 is 0 Å². The van der Waals surface area contributed by atoms with Crippen molar-refractivity contribution in [3.8, 4) is 0 Å². The summed E-state index contributed by atoms with van der Waals surface area (Å²) in [5, 5.41) is 2.89. The van der Waals surface area contributed by atoms with Crippen molar-refractivity contribution in [3.63, 3.8) is 0 Å². The summed E-state index contributed by atoms with van der Waals surface area (Å²) in [6.45, 7) is 2.80. The number of anilines is 2. The van der Waals surface area contributed by atoms with Gasteiger partial charge in [-0.2, -0.15) is 0 Å². The van der Waals surface area contributed by atoms with Gasteiger partial charge in [0.15, 0.2) is 0 Å².